The van der Waals surface area contributed by atoms with Crippen LogP contribution >= 0.6 is 0 Å². The fourth-order valence-corrected chi connectivity index (χ4v) is 1.97. The zero-order valence-electron chi connectivity index (χ0n) is 10.3. The van der Waals surface area contributed by atoms with Crippen molar-refractivity contribution >= 4 is 6.29 Å². The molecule has 2 rings (SSSR count). The van der Waals surface area contributed by atoms with Gasteiger partial charge in [0, 0.05) is 22.9 Å². The first kappa shape index (κ1) is 11.6. The molecule has 3 heteroatoms. The van der Waals surface area contributed by atoms with E-state index in [1.807, 2.05) is 35.1 Å². The van der Waals surface area contributed by atoms with Crippen LogP contribution in [0.4, 0.5) is 0 Å². The topological polar surface area (TPSA) is 34.9 Å². The predicted octanol–water partition coefficient (Wildman–Crippen LogP) is 3.25. The molecule has 0 amide bonds. The summed E-state index contributed by atoms with van der Waals surface area (Å²) in [6.07, 6.45) is 2.74. The number of hydrogen-bond donors (Lipinski definition) is 0. The normalized spacial score (nSPS) is 10.8. The fraction of sp³-hybridized carbons (Fsp3) is 0.286. The van der Waals surface area contributed by atoms with Crippen molar-refractivity contribution in [1.82, 2.24) is 9.78 Å². The molecule has 2 aromatic rings. The van der Waals surface area contributed by atoms with Crippen LogP contribution in [0.3, 0.4) is 0 Å². The summed E-state index contributed by atoms with van der Waals surface area (Å²) in [4.78, 5) is 10.6. The molecule has 0 radical (unpaired) electrons. The Morgan fingerprint density at radius 1 is 1.24 bits per heavy atom. The van der Waals surface area contributed by atoms with E-state index < -0.39 is 0 Å². The number of carbonyl (C=O) groups excluding carboxylic acids is 1. The Kier molecular flexibility index (Phi) is 3.09. The summed E-state index contributed by atoms with van der Waals surface area (Å²) < 4.78 is 2.00. The Morgan fingerprint density at radius 2 is 1.88 bits per heavy atom. The molecule has 0 saturated heterocycles. The van der Waals surface area contributed by atoms with Crippen molar-refractivity contribution in [2.45, 2.75) is 26.8 Å². The Labute approximate surface area is 101 Å². The smallest absolute Gasteiger partial charge is 0.150 e. The summed E-state index contributed by atoms with van der Waals surface area (Å²) in [5.74, 6) is 0. The van der Waals surface area contributed by atoms with Crippen molar-refractivity contribution in [3.8, 4) is 11.1 Å². The van der Waals surface area contributed by atoms with Crippen LogP contribution in [-0.2, 0) is 0 Å². The molecule has 0 saturated carbocycles. The quantitative estimate of drug-likeness (QED) is 0.756. The molecule has 0 fully saturated rings. The lowest BCUT2D eigenvalue weighted by Crippen LogP contribution is -2.04. The first-order valence-electron chi connectivity index (χ1n) is 5.73. The lowest BCUT2D eigenvalue weighted by molar-refractivity contribution is 0.112. The third kappa shape index (κ3) is 2.13. The van der Waals surface area contributed by atoms with Crippen LogP contribution in [-0.4, -0.2) is 16.1 Å². The molecule has 3 nitrogen and oxygen atoms in total. The van der Waals surface area contributed by atoms with Crippen LogP contribution in [0, 0.1) is 6.92 Å². The Hall–Kier alpha value is -1.90. The first-order chi connectivity index (χ1) is 8.13. The predicted molar refractivity (Wildman–Crippen MR) is 68.2 cm³/mol. The van der Waals surface area contributed by atoms with E-state index in [9.17, 15) is 4.79 Å². The maximum Gasteiger partial charge on any atom is 0.150 e. The third-order valence-electron chi connectivity index (χ3n) is 2.89. The average Bonchev–Trinajstić information content (AvgIpc) is 2.71. The van der Waals surface area contributed by atoms with Crippen molar-refractivity contribution in [2.75, 3.05) is 0 Å². The maximum absolute atomic E-state index is 10.6. The number of benzene rings is 1. The fourth-order valence-electron chi connectivity index (χ4n) is 1.97. The van der Waals surface area contributed by atoms with Gasteiger partial charge in [-0.2, -0.15) is 5.10 Å². The van der Waals surface area contributed by atoms with Gasteiger partial charge in [-0.25, -0.2) is 0 Å². The van der Waals surface area contributed by atoms with Crippen LogP contribution in [0.15, 0.2) is 30.5 Å². The molecular formula is C14H16N2O. The molecule has 0 aliphatic carbocycles. The van der Waals surface area contributed by atoms with Gasteiger partial charge in [-0.15, -0.1) is 0 Å². The van der Waals surface area contributed by atoms with Gasteiger partial charge in [-0.05, 0) is 26.3 Å². The molecule has 0 unspecified atom stereocenters. The van der Waals surface area contributed by atoms with Gasteiger partial charge in [0.15, 0.2) is 0 Å². The zero-order chi connectivity index (χ0) is 12.4. The largest absolute Gasteiger partial charge is 0.298 e. The van der Waals surface area contributed by atoms with Gasteiger partial charge in [-0.3, -0.25) is 9.48 Å². The molecule has 1 aromatic carbocycles. The summed E-state index contributed by atoms with van der Waals surface area (Å²) in [6.45, 7) is 6.29. The van der Waals surface area contributed by atoms with Crippen molar-refractivity contribution in [3.63, 3.8) is 0 Å². The summed E-state index contributed by atoms with van der Waals surface area (Å²) in [5, 5.41) is 4.38. The van der Waals surface area contributed by atoms with E-state index in [0.29, 0.717) is 11.6 Å². The van der Waals surface area contributed by atoms with Crippen molar-refractivity contribution in [2.24, 2.45) is 0 Å². The third-order valence-corrected chi connectivity index (χ3v) is 2.89. The molecule has 0 atom stereocenters. The highest BCUT2D eigenvalue weighted by atomic mass is 16.1. The lowest BCUT2D eigenvalue weighted by Gasteiger charge is -2.08. The van der Waals surface area contributed by atoms with Crippen LogP contribution in [0.2, 0.25) is 0 Å². The summed E-state index contributed by atoms with van der Waals surface area (Å²) in [7, 11) is 0. The van der Waals surface area contributed by atoms with Gasteiger partial charge in [-0.1, -0.05) is 24.3 Å². The summed E-state index contributed by atoms with van der Waals surface area (Å²) in [6, 6.07) is 7.93. The zero-order valence-corrected chi connectivity index (χ0v) is 10.3. The number of carbonyl (C=O) groups is 1. The van der Waals surface area contributed by atoms with Crippen molar-refractivity contribution in [1.29, 1.82) is 0 Å². The van der Waals surface area contributed by atoms with Crippen molar-refractivity contribution < 1.29 is 4.79 Å². The minimum absolute atomic E-state index is 0.359. The van der Waals surface area contributed by atoms with E-state index in [0.717, 1.165) is 23.1 Å². The standard InChI is InChI=1S/C14H16N2O/c1-10(2)16-11(3)14(8-15-16)13-6-4-12(9-17)5-7-13/h4-10H,1-3H3. The lowest BCUT2D eigenvalue weighted by atomic mass is 10.1. The number of hydrogen-bond acceptors (Lipinski definition) is 2. The molecule has 17 heavy (non-hydrogen) atoms. The first-order valence-corrected chi connectivity index (χ1v) is 5.73. The molecule has 0 aliphatic rings. The molecular weight excluding hydrogens is 212 g/mol. The van der Waals surface area contributed by atoms with Gasteiger partial charge in [0.2, 0.25) is 0 Å². The molecule has 88 valence electrons. The van der Waals surface area contributed by atoms with E-state index >= 15 is 0 Å². The highest BCUT2D eigenvalue weighted by Crippen LogP contribution is 2.24. The molecule has 1 heterocycles. The second-order valence-electron chi connectivity index (χ2n) is 4.42. The SMILES string of the molecule is Cc1c(-c2ccc(C=O)cc2)cnn1C(C)C. The van der Waals surface area contributed by atoms with E-state index in [1.165, 1.54) is 0 Å². The molecule has 0 bridgehead atoms. The molecule has 0 N–H and O–H groups in total. The highest BCUT2D eigenvalue weighted by Gasteiger charge is 2.10. The number of nitrogens with zero attached hydrogens (tertiary/aromatic N) is 2. The number of aldehydes is 1. The minimum atomic E-state index is 0.359. The van der Waals surface area contributed by atoms with Gasteiger partial charge >= 0.3 is 0 Å². The van der Waals surface area contributed by atoms with E-state index in [-0.39, 0.29) is 0 Å². The molecule has 0 spiro atoms. The number of rotatable bonds is 3. The number of aromatic nitrogens is 2. The second kappa shape index (κ2) is 4.53. The van der Waals surface area contributed by atoms with Crippen LogP contribution in [0.1, 0.15) is 35.9 Å². The second-order valence-corrected chi connectivity index (χ2v) is 4.42. The van der Waals surface area contributed by atoms with Gasteiger partial charge in [0.05, 0.1) is 6.20 Å². The van der Waals surface area contributed by atoms with E-state index in [1.54, 1.807) is 0 Å². The monoisotopic (exact) mass is 228 g/mol. The van der Waals surface area contributed by atoms with Gasteiger partial charge < -0.3 is 0 Å². The Bertz CT molecular complexity index is 524. The van der Waals surface area contributed by atoms with Gasteiger partial charge in [0.1, 0.15) is 6.29 Å². The highest BCUT2D eigenvalue weighted by molar-refractivity contribution is 5.77. The van der Waals surface area contributed by atoms with Crippen LogP contribution in [0.25, 0.3) is 11.1 Å². The summed E-state index contributed by atoms with van der Waals surface area (Å²) in [5.41, 5.74) is 4.07. The van der Waals surface area contributed by atoms with Crippen LogP contribution in [0.5, 0.6) is 0 Å². The molecule has 1 aromatic heterocycles. The Morgan fingerprint density at radius 3 is 2.35 bits per heavy atom. The van der Waals surface area contributed by atoms with E-state index in [2.05, 4.69) is 25.9 Å². The minimum Gasteiger partial charge on any atom is -0.298 e. The average molecular weight is 228 g/mol. The van der Waals surface area contributed by atoms with Crippen molar-refractivity contribution in [3.05, 3.63) is 41.7 Å². The summed E-state index contributed by atoms with van der Waals surface area (Å²) >= 11 is 0. The maximum atomic E-state index is 10.6. The Balaban J connectivity index is 2.42. The molecule has 0 aliphatic heterocycles. The van der Waals surface area contributed by atoms with E-state index in [4.69, 9.17) is 0 Å². The van der Waals surface area contributed by atoms with Crippen LogP contribution < -0.4 is 0 Å². The van der Waals surface area contributed by atoms with Gasteiger partial charge in [0.25, 0.3) is 0 Å².